The van der Waals surface area contributed by atoms with Crippen LogP contribution in [0.1, 0.15) is 24.2 Å². The fraction of sp³-hybridized carbons (Fsp3) is 0.500. The van der Waals surface area contributed by atoms with E-state index in [4.69, 9.17) is 4.74 Å². The number of hydrogen-bond acceptors (Lipinski definition) is 5. The molecule has 30 heavy (non-hydrogen) atoms. The number of carbonyl (C=O) groups excluding carboxylic acids is 1. The number of rotatable bonds is 3. The van der Waals surface area contributed by atoms with Gasteiger partial charge in [0.15, 0.2) is 0 Å². The number of nitrogens with zero attached hydrogens (tertiary/aromatic N) is 3. The third kappa shape index (κ3) is 4.00. The molecule has 1 N–H and O–H groups in total. The second kappa shape index (κ2) is 8.10. The van der Waals surface area contributed by atoms with E-state index in [0.29, 0.717) is 18.6 Å². The minimum atomic E-state index is -3.62. The lowest BCUT2D eigenvalue weighted by Gasteiger charge is -2.40. The Bertz CT molecular complexity index is 1100. The number of amides is 1. The van der Waals surface area contributed by atoms with E-state index in [9.17, 15) is 18.0 Å². The van der Waals surface area contributed by atoms with Crippen molar-refractivity contribution in [3.05, 3.63) is 46.2 Å². The van der Waals surface area contributed by atoms with Gasteiger partial charge in [0.25, 0.3) is 21.7 Å². The summed E-state index contributed by atoms with van der Waals surface area (Å²) < 4.78 is 34.5. The van der Waals surface area contributed by atoms with E-state index in [1.54, 1.807) is 12.1 Å². The van der Waals surface area contributed by atoms with Gasteiger partial charge in [-0.25, -0.2) is 0 Å². The largest absolute Gasteiger partial charge is 0.373 e. The molecular formula is C20H26N4O5S. The molecular weight excluding hydrogens is 408 g/mol. The summed E-state index contributed by atoms with van der Waals surface area (Å²) in [6, 6.07) is 8.86. The highest BCUT2D eigenvalue weighted by atomic mass is 32.2. The highest BCUT2D eigenvalue weighted by Crippen LogP contribution is 2.19. The van der Waals surface area contributed by atoms with Crippen molar-refractivity contribution >= 4 is 27.0 Å². The first-order valence-electron chi connectivity index (χ1n) is 10.1. The Morgan fingerprint density at radius 2 is 1.67 bits per heavy atom. The molecule has 0 saturated carbocycles. The van der Waals surface area contributed by atoms with Gasteiger partial charge in [-0.15, -0.1) is 0 Å². The molecule has 0 bridgehead atoms. The summed E-state index contributed by atoms with van der Waals surface area (Å²) >= 11 is 0. The summed E-state index contributed by atoms with van der Waals surface area (Å²) in [6.45, 7) is 5.21. The van der Waals surface area contributed by atoms with Gasteiger partial charge in [0.2, 0.25) is 0 Å². The Hall–Kier alpha value is -2.27. The van der Waals surface area contributed by atoms with Crippen LogP contribution in [0.2, 0.25) is 0 Å². The molecule has 2 unspecified atom stereocenters. The van der Waals surface area contributed by atoms with Gasteiger partial charge in [0, 0.05) is 44.8 Å². The van der Waals surface area contributed by atoms with Crippen molar-refractivity contribution in [1.29, 1.82) is 0 Å². The van der Waals surface area contributed by atoms with Crippen molar-refractivity contribution in [3.63, 3.8) is 0 Å². The molecule has 0 spiro atoms. The van der Waals surface area contributed by atoms with Crippen LogP contribution in [0.3, 0.4) is 0 Å². The van der Waals surface area contributed by atoms with E-state index in [2.05, 4.69) is 4.98 Å². The summed E-state index contributed by atoms with van der Waals surface area (Å²) in [6.07, 6.45) is -0.322. The summed E-state index contributed by atoms with van der Waals surface area (Å²) in [4.78, 5) is 29.6. The zero-order valence-corrected chi connectivity index (χ0v) is 17.9. The lowest BCUT2D eigenvalue weighted by atomic mass is 10.1. The molecule has 2 aliphatic rings. The van der Waals surface area contributed by atoms with Crippen molar-refractivity contribution in [2.75, 3.05) is 39.3 Å². The second-order valence-electron chi connectivity index (χ2n) is 7.87. The topological polar surface area (TPSA) is 103 Å². The standard InChI is InChI=1S/C20H26N4O5S/c1-14-12-24(13-15(2)29-14)30(27,28)23-9-7-22(8-10-23)20(26)17-11-16-5-3-4-6-18(16)21-19(17)25/h3-6,11,14-15H,7-10,12-13H2,1-2H3,(H,21,25). The number of piperazine rings is 1. The maximum atomic E-state index is 13.0. The summed E-state index contributed by atoms with van der Waals surface area (Å²) in [5, 5.41) is 0.775. The molecule has 2 fully saturated rings. The van der Waals surface area contributed by atoms with Gasteiger partial charge in [0.1, 0.15) is 5.56 Å². The van der Waals surface area contributed by atoms with Gasteiger partial charge in [-0.1, -0.05) is 18.2 Å². The van der Waals surface area contributed by atoms with Crippen LogP contribution < -0.4 is 5.56 Å². The predicted octanol–water partition coefficient (Wildman–Crippen LogP) is 0.640. The number of H-pyrrole nitrogens is 1. The molecule has 10 heteroatoms. The molecule has 162 valence electrons. The summed E-state index contributed by atoms with van der Waals surface area (Å²) in [5.41, 5.74) is 0.301. The van der Waals surface area contributed by atoms with E-state index < -0.39 is 15.8 Å². The van der Waals surface area contributed by atoms with Crippen LogP contribution >= 0.6 is 0 Å². The van der Waals surface area contributed by atoms with Gasteiger partial charge in [-0.05, 0) is 31.4 Å². The van der Waals surface area contributed by atoms with Crippen LogP contribution in [0.25, 0.3) is 10.9 Å². The van der Waals surface area contributed by atoms with Crippen molar-refractivity contribution in [2.24, 2.45) is 0 Å². The van der Waals surface area contributed by atoms with Crippen molar-refractivity contribution in [2.45, 2.75) is 26.1 Å². The molecule has 3 heterocycles. The Labute approximate surface area is 175 Å². The van der Waals surface area contributed by atoms with Gasteiger partial charge >= 0.3 is 0 Å². The molecule has 1 aromatic carbocycles. The molecule has 2 atom stereocenters. The van der Waals surface area contributed by atoms with Crippen LogP contribution in [0, 0.1) is 0 Å². The Morgan fingerprint density at radius 1 is 1.03 bits per heavy atom. The third-order valence-electron chi connectivity index (χ3n) is 5.55. The Kier molecular flexibility index (Phi) is 5.67. The lowest BCUT2D eigenvalue weighted by Crippen LogP contribution is -2.57. The predicted molar refractivity (Wildman–Crippen MR) is 113 cm³/mol. The minimum absolute atomic E-state index is 0.0702. The molecule has 2 aliphatic heterocycles. The zero-order chi connectivity index (χ0) is 21.5. The number of aromatic amines is 1. The van der Waals surface area contributed by atoms with E-state index in [0.717, 1.165) is 5.39 Å². The smallest absolute Gasteiger partial charge is 0.282 e. The molecule has 4 rings (SSSR count). The summed E-state index contributed by atoms with van der Waals surface area (Å²) in [5.74, 6) is -0.382. The first kappa shape index (κ1) is 21.0. The molecule has 1 amide bonds. The highest BCUT2D eigenvalue weighted by molar-refractivity contribution is 7.86. The first-order chi connectivity index (χ1) is 14.3. The number of pyridine rings is 1. The second-order valence-corrected chi connectivity index (χ2v) is 9.80. The molecule has 2 aromatic rings. The minimum Gasteiger partial charge on any atom is -0.373 e. The van der Waals surface area contributed by atoms with Crippen LogP contribution in [0.4, 0.5) is 0 Å². The van der Waals surface area contributed by atoms with Crippen LogP contribution in [-0.2, 0) is 14.9 Å². The fourth-order valence-electron chi connectivity index (χ4n) is 4.08. The van der Waals surface area contributed by atoms with Gasteiger partial charge in [-0.3, -0.25) is 9.59 Å². The third-order valence-corrected chi connectivity index (χ3v) is 7.52. The van der Waals surface area contributed by atoms with E-state index in [1.807, 2.05) is 32.0 Å². The number of benzene rings is 1. The fourth-order valence-corrected chi connectivity index (χ4v) is 5.83. The van der Waals surface area contributed by atoms with Gasteiger partial charge < -0.3 is 14.6 Å². The van der Waals surface area contributed by atoms with Crippen LogP contribution in [-0.4, -0.2) is 84.3 Å². The maximum absolute atomic E-state index is 13.0. The first-order valence-corrected chi connectivity index (χ1v) is 11.5. The van der Waals surface area contributed by atoms with E-state index in [-0.39, 0.29) is 49.9 Å². The van der Waals surface area contributed by atoms with Crippen molar-refractivity contribution in [1.82, 2.24) is 18.5 Å². The van der Waals surface area contributed by atoms with Crippen LogP contribution in [0.15, 0.2) is 35.1 Å². The highest BCUT2D eigenvalue weighted by Gasteiger charge is 2.37. The molecule has 2 saturated heterocycles. The van der Waals surface area contributed by atoms with Gasteiger partial charge in [0.05, 0.1) is 12.2 Å². The van der Waals surface area contributed by atoms with Crippen molar-refractivity contribution < 1.29 is 17.9 Å². The van der Waals surface area contributed by atoms with E-state index >= 15 is 0 Å². The molecule has 0 aliphatic carbocycles. The number of morpholine rings is 1. The average Bonchev–Trinajstić information content (AvgIpc) is 2.72. The number of aromatic nitrogens is 1. The SMILES string of the molecule is CC1CN(S(=O)(=O)N2CCN(C(=O)c3cc4ccccc4[nH]c3=O)CC2)CC(C)O1. The maximum Gasteiger partial charge on any atom is 0.282 e. The number of nitrogens with one attached hydrogen (secondary N) is 1. The normalized spacial score (nSPS) is 24.3. The van der Waals surface area contributed by atoms with Gasteiger partial charge in [-0.2, -0.15) is 17.0 Å². The average molecular weight is 435 g/mol. The Morgan fingerprint density at radius 3 is 2.33 bits per heavy atom. The Balaban J connectivity index is 1.46. The van der Waals surface area contributed by atoms with E-state index in [1.165, 1.54) is 13.5 Å². The molecule has 0 radical (unpaired) electrons. The zero-order valence-electron chi connectivity index (χ0n) is 17.1. The number of carbonyl (C=O) groups is 1. The number of hydrogen-bond donors (Lipinski definition) is 1. The van der Waals surface area contributed by atoms with Crippen molar-refractivity contribution in [3.8, 4) is 0 Å². The monoisotopic (exact) mass is 434 g/mol. The van der Waals surface area contributed by atoms with Crippen LogP contribution in [0.5, 0.6) is 0 Å². The summed E-state index contributed by atoms with van der Waals surface area (Å²) in [7, 11) is -3.62. The molecule has 9 nitrogen and oxygen atoms in total. The lowest BCUT2D eigenvalue weighted by molar-refractivity contribution is -0.0457. The number of ether oxygens (including phenoxy) is 1. The number of para-hydroxylation sites is 1. The molecule has 1 aromatic heterocycles. The quantitative estimate of drug-likeness (QED) is 0.764. The number of fused-ring (bicyclic) bond motifs is 1.